The zero-order valence-electron chi connectivity index (χ0n) is 5.72. The highest BCUT2D eigenvalue weighted by molar-refractivity contribution is 7.85. The molecule has 1 aromatic heterocycles. The highest BCUT2D eigenvalue weighted by Crippen LogP contribution is 1.99. The first-order valence-electron chi connectivity index (χ1n) is 2.69. The Balaban J connectivity index is 2.48. The summed E-state index contributed by atoms with van der Waals surface area (Å²) in [5.74, 6) is 0. The Hall–Kier alpha value is -0.530. The molecule has 11 heavy (non-hydrogen) atoms. The molecule has 0 N–H and O–H groups in total. The maximum atomic E-state index is 10.5. The molecule has 0 aliphatic carbocycles. The molecule has 0 aliphatic rings. The van der Waals surface area contributed by atoms with Crippen LogP contribution in [-0.2, 0) is 20.9 Å². The van der Waals surface area contributed by atoms with Crippen LogP contribution in [-0.4, -0.2) is 23.4 Å². The van der Waals surface area contributed by atoms with Gasteiger partial charge in [-0.05, 0) is 0 Å². The molecule has 1 heterocycles. The second-order valence-corrected chi connectivity index (χ2v) is 4.07. The molecule has 0 aliphatic heterocycles. The van der Waals surface area contributed by atoms with Gasteiger partial charge in [0.05, 0.1) is 24.2 Å². The van der Waals surface area contributed by atoms with Crippen molar-refractivity contribution in [2.75, 3.05) is 6.26 Å². The smallest absolute Gasteiger partial charge is 0.264 e. The highest BCUT2D eigenvalue weighted by Gasteiger charge is 2.03. The SMILES string of the molecule is CS(=O)(=O)OCc1cnsn1. The van der Waals surface area contributed by atoms with Gasteiger partial charge < -0.3 is 0 Å². The van der Waals surface area contributed by atoms with Crippen LogP contribution in [0.5, 0.6) is 0 Å². The fourth-order valence-electron chi connectivity index (χ4n) is 0.415. The van der Waals surface area contributed by atoms with Gasteiger partial charge >= 0.3 is 0 Å². The van der Waals surface area contributed by atoms with Crippen LogP contribution < -0.4 is 0 Å². The molecule has 0 radical (unpaired) electrons. The molecule has 0 spiro atoms. The van der Waals surface area contributed by atoms with Crippen LogP contribution in [0, 0.1) is 0 Å². The monoisotopic (exact) mass is 194 g/mol. The molecule has 0 unspecified atom stereocenters. The number of hydrogen-bond acceptors (Lipinski definition) is 6. The third-order valence-corrected chi connectivity index (χ3v) is 1.89. The summed E-state index contributed by atoms with van der Waals surface area (Å²) in [7, 11) is -3.36. The summed E-state index contributed by atoms with van der Waals surface area (Å²) in [6.45, 7) is -0.0324. The van der Waals surface area contributed by atoms with Crippen LogP contribution in [0.4, 0.5) is 0 Å². The van der Waals surface area contributed by atoms with Crippen LogP contribution in [0.15, 0.2) is 6.20 Å². The molecule has 0 atom stereocenters. The van der Waals surface area contributed by atoms with E-state index in [0.29, 0.717) is 5.69 Å². The van der Waals surface area contributed by atoms with Gasteiger partial charge in [0.25, 0.3) is 10.1 Å². The van der Waals surface area contributed by atoms with Crippen molar-refractivity contribution in [2.24, 2.45) is 0 Å². The van der Waals surface area contributed by atoms with Gasteiger partial charge in [-0.25, -0.2) is 0 Å². The van der Waals surface area contributed by atoms with Crippen LogP contribution in [0.3, 0.4) is 0 Å². The second kappa shape index (κ2) is 3.24. The second-order valence-electron chi connectivity index (χ2n) is 1.87. The Morgan fingerprint density at radius 3 is 2.91 bits per heavy atom. The summed E-state index contributed by atoms with van der Waals surface area (Å²) in [4.78, 5) is 0. The van der Waals surface area contributed by atoms with Gasteiger partial charge in [0.15, 0.2) is 0 Å². The Morgan fingerprint density at radius 1 is 1.73 bits per heavy atom. The van der Waals surface area contributed by atoms with Crippen LogP contribution in [0.2, 0.25) is 0 Å². The largest absolute Gasteiger partial charge is 0.264 e. The highest BCUT2D eigenvalue weighted by atomic mass is 32.2. The number of aromatic nitrogens is 2. The van der Waals surface area contributed by atoms with Crippen molar-refractivity contribution in [3.8, 4) is 0 Å². The molecule has 0 amide bonds. The van der Waals surface area contributed by atoms with E-state index in [0.717, 1.165) is 18.0 Å². The molecule has 0 fully saturated rings. The molecule has 0 bridgehead atoms. The van der Waals surface area contributed by atoms with E-state index in [1.807, 2.05) is 0 Å². The lowest BCUT2D eigenvalue weighted by molar-refractivity contribution is 0.308. The zero-order chi connectivity index (χ0) is 8.32. The van der Waals surface area contributed by atoms with E-state index in [9.17, 15) is 8.42 Å². The summed E-state index contributed by atoms with van der Waals surface area (Å²) >= 11 is 1.02. The minimum absolute atomic E-state index is 0.0324. The van der Waals surface area contributed by atoms with E-state index < -0.39 is 10.1 Å². The molecular formula is C4H6N2O3S2. The van der Waals surface area contributed by atoms with E-state index in [1.165, 1.54) is 6.20 Å². The summed E-state index contributed by atoms with van der Waals surface area (Å²) in [6.07, 6.45) is 2.46. The molecule has 1 rings (SSSR count). The van der Waals surface area contributed by atoms with Gasteiger partial charge in [-0.1, -0.05) is 0 Å². The van der Waals surface area contributed by atoms with Crippen molar-refractivity contribution in [2.45, 2.75) is 6.61 Å². The van der Waals surface area contributed by atoms with E-state index in [4.69, 9.17) is 0 Å². The molecule has 5 nitrogen and oxygen atoms in total. The van der Waals surface area contributed by atoms with E-state index in [2.05, 4.69) is 12.9 Å². The molecular weight excluding hydrogens is 188 g/mol. The van der Waals surface area contributed by atoms with Crippen molar-refractivity contribution in [3.05, 3.63) is 11.9 Å². The van der Waals surface area contributed by atoms with Gasteiger partial charge in [-0.3, -0.25) is 4.18 Å². The Kier molecular flexibility index (Phi) is 2.53. The normalized spacial score (nSPS) is 11.7. The fraction of sp³-hybridized carbons (Fsp3) is 0.500. The van der Waals surface area contributed by atoms with Gasteiger partial charge in [-0.15, -0.1) is 0 Å². The van der Waals surface area contributed by atoms with Gasteiger partial charge in [-0.2, -0.15) is 17.2 Å². The standard InChI is InChI=1S/C4H6N2O3S2/c1-11(7,8)9-3-4-2-5-10-6-4/h2H,3H2,1H3. The first kappa shape index (κ1) is 8.57. The van der Waals surface area contributed by atoms with Crippen molar-refractivity contribution >= 4 is 21.8 Å². The van der Waals surface area contributed by atoms with E-state index in [1.54, 1.807) is 0 Å². The van der Waals surface area contributed by atoms with Gasteiger partial charge in [0.2, 0.25) is 0 Å². The van der Waals surface area contributed by atoms with Crippen molar-refractivity contribution in [1.82, 2.24) is 8.75 Å². The number of hydrogen-bond donors (Lipinski definition) is 0. The minimum atomic E-state index is -3.36. The maximum absolute atomic E-state index is 10.5. The predicted molar refractivity (Wildman–Crippen MR) is 39.5 cm³/mol. The minimum Gasteiger partial charge on any atom is -0.264 e. The topological polar surface area (TPSA) is 69.2 Å². The van der Waals surface area contributed by atoms with E-state index >= 15 is 0 Å². The Morgan fingerprint density at radius 2 is 2.45 bits per heavy atom. The lowest BCUT2D eigenvalue weighted by atomic mass is 10.5. The molecule has 0 saturated heterocycles. The summed E-state index contributed by atoms with van der Waals surface area (Å²) in [5.41, 5.74) is 0.528. The van der Waals surface area contributed by atoms with Crippen molar-refractivity contribution in [1.29, 1.82) is 0 Å². The first-order valence-corrected chi connectivity index (χ1v) is 5.23. The lowest BCUT2D eigenvalue weighted by Crippen LogP contribution is -2.02. The van der Waals surface area contributed by atoms with Crippen LogP contribution in [0.25, 0.3) is 0 Å². The van der Waals surface area contributed by atoms with Crippen molar-refractivity contribution in [3.63, 3.8) is 0 Å². The first-order chi connectivity index (χ1) is 5.08. The third kappa shape index (κ3) is 3.40. The fourth-order valence-corrected chi connectivity index (χ4v) is 1.17. The molecule has 7 heteroatoms. The van der Waals surface area contributed by atoms with Crippen LogP contribution in [0.1, 0.15) is 5.69 Å². The predicted octanol–water partition coefficient (Wildman–Crippen LogP) is 0.0143. The molecule has 62 valence electrons. The maximum Gasteiger partial charge on any atom is 0.264 e. The molecule has 0 saturated carbocycles. The summed E-state index contributed by atoms with van der Waals surface area (Å²) in [5, 5.41) is 0. The average molecular weight is 194 g/mol. The third-order valence-electron chi connectivity index (χ3n) is 0.828. The molecule has 1 aromatic rings. The summed E-state index contributed by atoms with van der Waals surface area (Å²) in [6, 6.07) is 0. The van der Waals surface area contributed by atoms with Crippen LogP contribution >= 0.6 is 11.7 Å². The quantitative estimate of drug-likeness (QED) is 0.634. The molecule has 0 aromatic carbocycles. The Bertz CT molecular complexity index is 304. The lowest BCUT2D eigenvalue weighted by Gasteiger charge is -1.94. The van der Waals surface area contributed by atoms with Crippen molar-refractivity contribution < 1.29 is 12.6 Å². The average Bonchev–Trinajstić information content (AvgIpc) is 2.32. The number of nitrogens with zero attached hydrogens (tertiary/aromatic N) is 2. The van der Waals surface area contributed by atoms with E-state index in [-0.39, 0.29) is 6.61 Å². The summed E-state index contributed by atoms with van der Waals surface area (Å²) < 4.78 is 32.8. The van der Waals surface area contributed by atoms with Gasteiger partial charge in [0, 0.05) is 0 Å². The Labute approximate surface area is 68.5 Å². The number of rotatable bonds is 3. The zero-order valence-corrected chi connectivity index (χ0v) is 7.35. The van der Waals surface area contributed by atoms with Gasteiger partial charge in [0.1, 0.15) is 12.3 Å².